The van der Waals surface area contributed by atoms with Gasteiger partial charge >= 0.3 is 0 Å². The lowest BCUT2D eigenvalue weighted by molar-refractivity contribution is 0.411. The molecule has 19 heavy (non-hydrogen) atoms. The first-order valence-corrected chi connectivity index (χ1v) is 7.33. The Labute approximate surface area is 117 Å². The minimum atomic E-state index is -0.190. The van der Waals surface area contributed by atoms with Crippen molar-refractivity contribution in [2.75, 3.05) is 0 Å². The lowest BCUT2D eigenvalue weighted by Crippen LogP contribution is -2.25. The number of benzene rings is 1. The van der Waals surface area contributed by atoms with E-state index in [0.717, 1.165) is 17.8 Å². The molecular weight excluding hydrogens is 259 g/mol. The number of aromatic nitrogens is 1. The summed E-state index contributed by atoms with van der Waals surface area (Å²) in [7, 11) is 0. The summed E-state index contributed by atoms with van der Waals surface area (Å²) < 4.78 is 13.0. The quantitative estimate of drug-likeness (QED) is 0.891. The van der Waals surface area contributed by atoms with E-state index in [1.54, 1.807) is 11.3 Å². The fraction of sp³-hybridized carbons (Fsp3) is 0.400. The number of nitrogens with one attached hydrogen (secondary N) is 1. The Balaban J connectivity index is 2.08. The van der Waals surface area contributed by atoms with Crippen molar-refractivity contribution in [2.45, 2.75) is 33.4 Å². The summed E-state index contributed by atoms with van der Waals surface area (Å²) in [4.78, 5) is 5.51. The van der Waals surface area contributed by atoms with Crippen LogP contribution in [0.25, 0.3) is 0 Å². The zero-order valence-electron chi connectivity index (χ0n) is 11.5. The maximum atomic E-state index is 13.0. The first-order valence-electron chi connectivity index (χ1n) is 6.45. The van der Waals surface area contributed by atoms with Gasteiger partial charge in [0.15, 0.2) is 0 Å². The molecule has 0 aliphatic rings. The molecule has 1 unspecified atom stereocenters. The van der Waals surface area contributed by atoms with Crippen molar-refractivity contribution in [3.8, 4) is 0 Å². The number of aryl methyl sites for hydroxylation is 1. The molecule has 0 bridgehead atoms. The fourth-order valence-corrected chi connectivity index (χ4v) is 2.84. The Morgan fingerprint density at radius 2 is 1.95 bits per heavy atom. The van der Waals surface area contributed by atoms with Crippen LogP contribution in [0.1, 0.15) is 36.0 Å². The predicted molar refractivity (Wildman–Crippen MR) is 77.7 cm³/mol. The third kappa shape index (κ3) is 3.61. The van der Waals surface area contributed by atoms with Gasteiger partial charge in [0, 0.05) is 17.5 Å². The molecule has 0 fully saturated rings. The zero-order chi connectivity index (χ0) is 13.8. The molecule has 1 atom stereocenters. The zero-order valence-corrected chi connectivity index (χ0v) is 12.3. The number of halogens is 1. The molecule has 2 aromatic rings. The van der Waals surface area contributed by atoms with Gasteiger partial charge in [0.25, 0.3) is 0 Å². The molecule has 0 aliphatic carbocycles. The van der Waals surface area contributed by atoms with Gasteiger partial charge in [0.2, 0.25) is 0 Å². The van der Waals surface area contributed by atoms with Crippen LogP contribution < -0.4 is 5.32 Å². The van der Waals surface area contributed by atoms with E-state index in [-0.39, 0.29) is 11.9 Å². The van der Waals surface area contributed by atoms with Crippen LogP contribution in [0.5, 0.6) is 0 Å². The van der Waals surface area contributed by atoms with Crippen LogP contribution in [0.2, 0.25) is 0 Å². The van der Waals surface area contributed by atoms with Gasteiger partial charge in [-0.05, 0) is 30.5 Å². The summed E-state index contributed by atoms with van der Waals surface area (Å²) >= 11 is 1.67. The van der Waals surface area contributed by atoms with Gasteiger partial charge in [-0.3, -0.25) is 0 Å². The van der Waals surface area contributed by atoms with Crippen LogP contribution in [-0.2, 0) is 6.54 Å². The Hall–Kier alpha value is -1.26. The van der Waals surface area contributed by atoms with E-state index in [1.807, 2.05) is 24.6 Å². The molecule has 4 heteroatoms. The largest absolute Gasteiger partial charge is 0.305 e. The van der Waals surface area contributed by atoms with Crippen molar-refractivity contribution in [3.63, 3.8) is 0 Å². The van der Waals surface area contributed by atoms with E-state index < -0.39 is 0 Å². The van der Waals surface area contributed by atoms with Gasteiger partial charge in [-0.25, -0.2) is 9.37 Å². The average Bonchev–Trinajstić information content (AvgIpc) is 2.77. The molecule has 102 valence electrons. The standard InChI is InChI=1S/C15H19FN2S/c1-10(2)15(12-4-6-13(16)7-5-12)17-8-14-11(3)18-9-19-14/h4-7,9-10,15,17H,8H2,1-3H3. The van der Waals surface area contributed by atoms with Crippen molar-refractivity contribution in [2.24, 2.45) is 5.92 Å². The van der Waals surface area contributed by atoms with Crippen LogP contribution in [0, 0.1) is 18.7 Å². The maximum absolute atomic E-state index is 13.0. The second-order valence-electron chi connectivity index (χ2n) is 5.02. The highest BCUT2D eigenvalue weighted by Crippen LogP contribution is 2.23. The highest BCUT2D eigenvalue weighted by molar-refractivity contribution is 7.09. The first kappa shape index (κ1) is 14.2. The Morgan fingerprint density at radius 3 is 2.47 bits per heavy atom. The normalized spacial score (nSPS) is 12.9. The topological polar surface area (TPSA) is 24.9 Å². The molecule has 1 N–H and O–H groups in total. The molecule has 1 aromatic carbocycles. The molecule has 0 spiro atoms. The molecule has 2 rings (SSSR count). The molecule has 0 saturated heterocycles. The summed E-state index contributed by atoms with van der Waals surface area (Å²) in [6.07, 6.45) is 0. The van der Waals surface area contributed by atoms with Crippen molar-refractivity contribution in [1.82, 2.24) is 10.3 Å². The third-order valence-corrected chi connectivity index (χ3v) is 4.16. The average molecular weight is 278 g/mol. The molecule has 0 saturated carbocycles. The van der Waals surface area contributed by atoms with Gasteiger partial charge in [-0.2, -0.15) is 0 Å². The first-order chi connectivity index (χ1) is 9.08. The van der Waals surface area contributed by atoms with Gasteiger partial charge < -0.3 is 5.32 Å². The van der Waals surface area contributed by atoms with Crippen LogP contribution in [0.3, 0.4) is 0 Å². The Bertz CT molecular complexity index is 519. The van der Waals surface area contributed by atoms with Crippen molar-refractivity contribution < 1.29 is 4.39 Å². The fourth-order valence-electron chi connectivity index (χ4n) is 2.11. The van der Waals surface area contributed by atoms with Gasteiger partial charge in [0.1, 0.15) is 5.82 Å². The van der Waals surface area contributed by atoms with E-state index in [0.29, 0.717) is 5.92 Å². The summed E-state index contributed by atoms with van der Waals surface area (Å²) in [5, 5.41) is 3.55. The number of thiazole rings is 1. The summed E-state index contributed by atoms with van der Waals surface area (Å²) in [5.74, 6) is 0.253. The molecule has 1 heterocycles. The molecule has 0 radical (unpaired) electrons. The molecule has 0 amide bonds. The highest BCUT2D eigenvalue weighted by atomic mass is 32.1. The number of hydrogen-bond donors (Lipinski definition) is 1. The minimum Gasteiger partial charge on any atom is -0.305 e. The van der Waals surface area contributed by atoms with E-state index in [9.17, 15) is 4.39 Å². The van der Waals surface area contributed by atoms with Gasteiger partial charge in [0.05, 0.1) is 11.2 Å². The Morgan fingerprint density at radius 1 is 1.26 bits per heavy atom. The summed E-state index contributed by atoms with van der Waals surface area (Å²) in [6, 6.07) is 6.97. The van der Waals surface area contributed by atoms with Gasteiger partial charge in [-0.1, -0.05) is 26.0 Å². The van der Waals surface area contributed by atoms with E-state index in [4.69, 9.17) is 0 Å². The monoisotopic (exact) mass is 278 g/mol. The number of nitrogens with zero attached hydrogens (tertiary/aromatic N) is 1. The summed E-state index contributed by atoms with van der Waals surface area (Å²) in [5.41, 5.74) is 4.08. The molecule has 0 aliphatic heterocycles. The number of hydrogen-bond acceptors (Lipinski definition) is 3. The lowest BCUT2D eigenvalue weighted by Gasteiger charge is -2.23. The third-order valence-electron chi connectivity index (χ3n) is 3.22. The second-order valence-corrected chi connectivity index (χ2v) is 5.95. The van der Waals surface area contributed by atoms with Crippen LogP contribution in [0.15, 0.2) is 29.8 Å². The molecule has 1 aromatic heterocycles. The number of rotatable bonds is 5. The van der Waals surface area contributed by atoms with Crippen molar-refractivity contribution in [3.05, 3.63) is 51.7 Å². The van der Waals surface area contributed by atoms with Gasteiger partial charge in [-0.15, -0.1) is 11.3 Å². The minimum absolute atomic E-state index is 0.190. The van der Waals surface area contributed by atoms with Crippen LogP contribution >= 0.6 is 11.3 Å². The van der Waals surface area contributed by atoms with E-state index >= 15 is 0 Å². The smallest absolute Gasteiger partial charge is 0.123 e. The molecule has 2 nitrogen and oxygen atoms in total. The van der Waals surface area contributed by atoms with Crippen molar-refractivity contribution >= 4 is 11.3 Å². The Kier molecular flexibility index (Phi) is 4.66. The highest BCUT2D eigenvalue weighted by Gasteiger charge is 2.16. The van der Waals surface area contributed by atoms with Crippen LogP contribution in [-0.4, -0.2) is 4.98 Å². The van der Waals surface area contributed by atoms with E-state index in [1.165, 1.54) is 17.0 Å². The maximum Gasteiger partial charge on any atom is 0.123 e. The SMILES string of the molecule is Cc1ncsc1CNC(c1ccc(F)cc1)C(C)C. The summed E-state index contributed by atoms with van der Waals surface area (Å²) in [6.45, 7) is 7.16. The van der Waals surface area contributed by atoms with E-state index in [2.05, 4.69) is 24.1 Å². The van der Waals surface area contributed by atoms with Crippen LogP contribution in [0.4, 0.5) is 4.39 Å². The molecular formula is C15H19FN2S. The second kappa shape index (κ2) is 6.26. The lowest BCUT2D eigenvalue weighted by atomic mass is 9.96. The van der Waals surface area contributed by atoms with Crippen molar-refractivity contribution in [1.29, 1.82) is 0 Å². The predicted octanol–water partition coefficient (Wildman–Crippen LogP) is 4.08.